The Morgan fingerprint density at radius 3 is 2.88 bits per heavy atom. The summed E-state index contributed by atoms with van der Waals surface area (Å²) < 4.78 is 26.4. The molecule has 134 valence electrons. The van der Waals surface area contributed by atoms with Crippen LogP contribution >= 0.6 is 11.3 Å². The van der Waals surface area contributed by atoms with E-state index in [1.54, 1.807) is 35.6 Å². The number of likely N-dealkylation sites (tertiary alicyclic amines) is 1. The number of benzene rings is 1. The van der Waals surface area contributed by atoms with Crippen molar-refractivity contribution in [2.45, 2.75) is 32.2 Å². The minimum absolute atomic E-state index is 0.0487. The van der Waals surface area contributed by atoms with Crippen LogP contribution in [0, 0.1) is 0 Å². The first kappa shape index (κ1) is 17.9. The van der Waals surface area contributed by atoms with Crippen molar-refractivity contribution < 1.29 is 13.2 Å². The predicted octanol–water partition coefficient (Wildman–Crippen LogP) is 3.88. The van der Waals surface area contributed by atoms with Crippen LogP contribution in [0.25, 0.3) is 0 Å². The van der Waals surface area contributed by atoms with Gasteiger partial charge in [0, 0.05) is 22.7 Å². The van der Waals surface area contributed by atoms with Crippen LogP contribution in [-0.2, 0) is 10.0 Å². The maximum atomic E-state index is 12.9. The second-order valence-electron chi connectivity index (χ2n) is 6.17. The zero-order valence-electron chi connectivity index (χ0n) is 14.1. The zero-order chi connectivity index (χ0) is 17.9. The van der Waals surface area contributed by atoms with E-state index >= 15 is 0 Å². The predicted molar refractivity (Wildman–Crippen MR) is 101 cm³/mol. The highest BCUT2D eigenvalue weighted by molar-refractivity contribution is 7.92. The zero-order valence-corrected chi connectivity index (χ0v) is 15.8. The standard InChI is InChI=1S/C18H22N2O3S2/c1-2-12-25(22,23)19-15-7-3-6-14(13-15)18(21)20-10-4-8-16(20)17-9-5-11-24-17/h3,5-7,9,11,13,16,19H,2,4,8,10,12H2,1H3. The molecule has 2 heterocycles. The van der Waals surface area contributed by atoms with Crippen LogP contribution in [0.1, 0.15) is 47.5 Å². The van der Waals surface area contributed by atoms with Gasteiger partial charge in [-0.1, -0.05) is 19.1 Å². The molecular weight excluding hydrogens is 356 g/mol. The highest BCUT2D eigenvalue weighted by atomic mass is 32.2. The summed E-state index contributed by atoms with van der Waals surface area (Å²) in [6.07, 6.45) is 2.50. The van der Waals surface area contributed by atoms with E-state index in [1.807, 2.05) is 23.3 Å². The molecule has 25 heavy (non-hydrogen) atoms. The van der Waals surface area contributed by atoms with E-state index in [1.165, 1.54) is 4.88 Å². The number of hydrogen-bond acceptors (Lipinski definition) is 4. The van der Waals surface area contributed by atoms with E-state index in [2.05, 4.69) is 10.8 Å². The van der Waals surface area contributed by atoms with Gasteiger partial charge in [0.2, 0.25) is 10.0 Å². The van der Waals surface area contributed by atoms with Crippen molar-refractivity contribution in [2.24, 2.45) is 0 Å². The van der Waals surface area contributed by atoms with Gasteiger partial charge in [0.25, 0.3) is 5.91 Å². The first-order valence-electron chi connectivity index (χ1n) is 8.45. The van der Waals surface area contributed by atoms with Gasteiger partial charge < -0.3 is 4.90 Å². The summed E-state index contributed by atoms with van der Waals surface area (Å²) in [4.78, 5) is 16.0. The number of hydrogen-bond donors (Lipinski definition) is 1. The van der Waals surface area contributed by atoms with Gasteiger partial charge in [-0.3, -0.25) is 9.52 Å². The van der Waals surface area contributed by atoms with Crippen LogP contribution in [0.5, 0.6) is 0 Å². The normalized spacial score (nSPS) is 17.6. The average molecular weight is 379 g/mol. The minimum atomic E-state index is -3.37. The molecule has 0 radical (unpaired) electrons. The van der Waals surface area contributed by atoms with Crippen molar-refractivity contribution in [2.75, 3.05) is 17.0 Å². The third-order valence-corrected chi connectivity index (χ3v) is 6.71. The summed E-state index contributed by atoms with van der Waals surface area (Å²) >= 11 is 1.67. The molecule has 7 heteroatoms. The van der Waals surface area contributed by atoms with Crippen LogP contribution in [0.2, 0.25) is 0 Å². The number of anilines is 1. The number of amides is 1. The summed E-state index contributed by atoms with van der Waals surface area (Å²) in [5.41, 5.74) is 0.950. The highest BCUT2D eigenvalue weighted by Crippen LogP contribution is 2.35. The number of nitrogens with one attached hydrogen (secondary N) is 1. The van der Waals surface area contributed by atoms with E-state index < -0.39 is 10.0 Å². The summed E-state index contributed by atoms with van der Waals surface area (Å²) in [6, 6.07) is 10.9. The molecule has 5 nitrogen and oxygen atoms in total. The number of thiophene rings is 1. The molecule has 1 aromatic heterocycles. The van der Waals surface area contributed by atoms with Gasteiger partial charge in [-0.2, -0.15) is 0 Å². The summed E-state index contributed by atoms with van der Waals surface area (Å²) in [5, 5.41) is 2.03. The Labute approximate surface area is 152 Å². The van der Waals surface area contributed by atoms with Gasteiger partial charge in [-0.15, -0.1) is 11.3 Å². The quantitative estimate of drug-likeness (QED) is 0.829. The van der Waals surface area contributed by atoms with Crippen molar-refractivity contribution >= 4 is 33.0 Å². The lowest BCUT2D eigenvalue weighted by Gasteiger charge is -2.24. The van der Waals surface area contributed by atoms with E-state index in [-0.39, 0.29) is 17.7 Å². The number of rotatable bonds is 6. The Balaban J connectivity index is 1.79. The maximum absolute atomic E-state index is 12.9. The highest BCUT2D eigenvalue weighted by Gasteiger charge is 2.31. The number of sulfonamides is 1. The average Bonchev–Trinajstić information content (AvgIpc) is 3.24. The Kier molecular flexibility index (Phi) is 5.44. The fourth-order valence-electron chi connectivity index (χ4n) is 3.17. The number of nitrogens with zero attached hydrogens (tertiary/aromatic N) is 1. The number of carbonyl (C=O) groups excluding carboxylic acids is 1. The molecule has 0 spiro atoms. The monoisotopic (exact) mass is 378 g/mol. The lowest BCUT2D eigenvalue weighted by atomic mass is 10.1. The Morgan fingerprint density at radius 1 is 1.32 bits per heavy atom. The molecule has 3 rings (SSSR count). The van der Waals surface area contributed by atoms with Crippen LogP contribution in [-0.4, -0.2) is 31.5 Å². The molecule has 1 aliphatic heterocycles. The topological polar surface area (TPSA) is 66.5 Å². The fourth-order valence-corrected chi connectivity index (χ4v) is 5.17. The van der Waals surface area contributed by atoms with Gasteiger partial charge in [0.1, 0.15) is 0 Å². The lowest BCUT2D eigenvalue weighted by molar-refractivity contribution is 0.0738. The molecule has 1 fully saturated rings. The van der Waals surface area contributed by atoms with E-state index in [4.69, 9.17) is 0 Å². The molecule has 1 unspecified atom stereocenters. The SMILES string of the molecule is CCCS(=O)(=O)Nc1cccc(C(=O)N2CCCC2c2cccs2)c1. The summed E-state index contributed by atoms with van der Waals surface area (Å²) in [5.74, 6) is 0.0185. The first-order chi connectivity index (χ1) is 12.0. The van der Waals surface area contributed by atoms with Crippen molar-refractivity contribution in [1.29, 1.82) is 0 Å². The van der Waals surface area contributed by atoms with Gasteiger partial charge >= 0.3 is 0 Å². The second-order valence-corrected chi connectivity index (χ2v) is 8.99. The molecule has 1 aromatic carbocycles. The van der Waals surface area contributed by atoms with Gasteiger partial charge in [-0.25, -0.2) is 8.42 Å². The molecule has 1 N–H and O–H groups in total. The summed E-state index contributed by atoms with van der Waals surface area (Å²) in [7, 11) is -3.37. The van der Waals surface area contributed by atoms with Crippen LogP contribution < -0.4 is 4.72 Å². The molecule has 1 aliphatic rings. The third kappa shape index (κ3) is 4.22. The smallest absolute Gasteiger partial charge is 0.254 e. The molecule has 1 saturated heterocycles. The fraction of sp³-hybridized carbons (Fsp3) is 0.389. The molecule has 0 saturated carbocycles. The van der Waals surface area contributed by atoms with E-state index in [9.17, 15) is 13.2 Å². The van der Waals surface area contributed by atoms with Crippen molar-refractivity contribution in [3.63, 3.8) is 0 Å². The molecule has 0 aliphatic carbocycles. The molecular formula is C18H22N2O3S2. The Bertz CT molecular complexity index is 832. The second kappa shape index (κ2) is 7.58. The van der Waals surface area contributed by atoms with Crippen LogP contribution in [0.4, 0.5) is 5.69 Å². The Morgan fingerprint density at radius 2 is 2.16 bits per heavy atom. The van der Waals surface area contributed by atoms with Crippen molar-refractivity contribution in [1.82, 2.24) is 4.90 Å². The van der Waals surface area contributed by atoms with E-state index in [0.29, 0.717) is 17.7 Å². The molecule has 0 bridgehead atoms. The molecule has 1 atom stereocenters. The maximum Gasteiger partial charge on any atom is 0.254 e. The van der Waals surface area contributed by atoms with Crippen LogP contribution in [0.3, 0.4) is 0 Å². The largest absolute Gasteiger partial charge is 0.331 e. The van der Waals surface area contributed by atoms with Gasteiger partial charge in [0.15, 0.2) is 0 Å². The van der Waals surface area contributed by atoms with Crippen molar-refractivity contribution in [3.05, 3.63) is 52.2 Å². The number of carbonyl (C=O) groups is 1. The van der Waals surface area contributed by atoms with Gasteiger partial charge in [0.05, 0.1) is 11.8 Å². The molecule has 1 amide bonds. The minimum Gasteiger partial charge on any atom is -0.331 e. The van der Waals surface area contributed by atoms with E-state index in [0.717, 1.165) is 19.4 Å². The lowest BCUT2D eigenvalue weighted by Crippen LogP contribution is -2.30. The summed E-state index contributed by atoms with van der Waals surface area (Å²) in [6.45, 7) is 2.55. The van der Waals surface area contributed by atoms with Gasteiger partial charge in [-0.05, 0) is 48.9 Å². The van der Waals surface area contributed by atoms with Crippen molar-refractivity contribution in [3.8, 4) is 0 Å². The Hall–Kier alpha value is -1.86. The third-order valence-electron chi connectivity index (χ3n) is 4.24. The molecule has 2 aromatic rings. The first-order valence-corrected chi connectivity index (χ1v) is 11.0. The van der Waals surface area contributed by atoms with Crippen LogP contribution in [0.15, 0.2) is 41.8 Å².